The number of carbonyl (C=O) groups excluding carboxylic acids is 1. The van der Waals surface area contributed by atoms with Crippen molar-refractivity contribution in [3.8, 4) is 0 Å². The molecule has 1 heterocycles. The minimum atomic E-state index is 0.113. The molecule has 1 aromatic carbocycles. The average molecular weight is 332 g/mol. The Morgan fingerprint density at radius 1 is 1.12 bits per heavy atom. The summed E-state index contributed by atoms with van der Waals surface area (Å²) in [4.78, 5) is 17.6. The Morgan fingerprint density at radius 3 is 2.17 bits per heavy atom. The molecule has 1 fully saturated rings. The molecule has 0 unspecified atom stereocenters. The van der Waals surface area contributed by atoms with Crippen LogP contribution in [0.4, 0.5) is 11.4 Å². The maximum absolute atomic E-state index is 13.3. The van der Waals surface area contributed by atoms with Gasteiger partial charge in [-0.05, 0) is 64.2 Å². The van der Waals surface area contributed by atoms with Crippen LogP contribution in [0.5, 0.6) is 0 Å². The first-order valence-electron chi connectivity index (χ1n) is 9.17. The summed E-state index contributed by atoms with van der Waals surface area (Å²) in [5.41, 5.74) is 8.38. The lowest BCUT2D eigenvalue weighted by Gasteiger charge is -2.38. The SMILES string of the molecule is CC(C)N(c1ccc(N)cc1C(=O)N1C[C@@H](C)C[C@H](C)C1)C(C)C. The summed E-state index contributed by atoms with van der Waals surface area (Å²) < 4.78 is 0. The number of hydrogen-bond acceptors (Lipinski definition) is 3. The van der Waals surface area contributed by atoms with E-state index in [1.165, 1.54) is 6.42 Å². The van der Waals surface area contributed by atoms with Crippen molar-refractivity contribution < 1.29 is 4.79 Å². The van der Waals surface area contributed by atoms with Crippen LogP contribution < -0.4 is 10.6 Å². The minimum Gasteiger partial charge on any atom is -0.399 e. The van der Waals surface area contributed by atoms with E-state index < -0.39 is 0 Å². The van der Waals surface area contributed by atoms with Gasteiger partial charge < -0.3 is 15.5 Å². The van der Waals surface area contributed by atoms with Crippen LogP contribution in [0.15, 0.2) is 18.2 Å². The fourth-order valence-electron chi connectivity index (χ4n) is 4.10. The summed E-state index contributed by atoms with van der Waals surface area (Å²) in [5.74, 6) is 1.21. The fourth-order valence-corrected chi connectivity index (χ4v) is 4.10. The molecule has 2 atom stereocenters. The van der Waals surface area contributed by atoms with E-state index in [9.17, 15) is 4.79 Å². The van der Waals surface area contributed by atoms with Crippen molar-refractivity contribution in [1.29, 1.82) is 0 Å². The van der Waals surface area contributed by atoms with Gasteiger partial charge in [0.25, 0.3) is 5.91 Å². The molecule has 1 aromatic rings. The second kappa shape index (κ2) is 7.45. The first-order chi connectivity index (χ1) is 11.2. The van der Waals surface area contributed by atoms with Gasteiger partial charge in [-0.1, -0.05) is 13.8 Å². The van der Waals surface area contributed by atoms with E-state index in [0.717, 1.165) is 24.3 Å². The number of likely N-dealkylation sites (tertiary alicyclic amines) is 1. The van der Waals surface area contributed by atoms with Crippen molar-refractivity contribution in [3.05, 3.63) is 23.8 Å². The number of rotatable bonds is 4. The summed E-state index contributed by atoms with van der Waals surface area (Å²) in [6, 6.07) is 6.38. The van der Waals surface area contributed by atoms with Crippen molar-refractivity contribution in [2.75, 3.05) is 23.7 Å². The number of carbonyl (C=O) groups is 1. The second-order valence-corrected chi connectivity index (χ2v) is 8.03. The first kappa shape index (κ1) is 18.6. The van der Waals surface area contributed by atoms with Crippen LogP contribution >= 0.6 is 0 Å². The predicted octanol–water partition coefficient (Wildman–Crippen LogP) is 4.01. The highest BCUT2D eigenvalue weighted by molar-refractivity contribution is 6.01. The number of piperidine rings is 1. The fraction of sp³-hybridized carbons (Fsp3) is 0.650. The summed E-state index contributed by atoms with van der Waals surface area (Å²) in [5, 5.41) is 0. The van der Waals surface area contributed by atoms with Gasteiger partial charge >= 0.3 is 0 Å². The zero-order valence-electron chi connectivity index (χ0n) is 16.0. The number of nitrogens with two attached hydrogens (primary N) is 1. The largest absolute Gasteiger partial charge is 0.399 e. The molecule has 24 heavy (non-hydrogen) atoms. The Bertz CT molecular complexity index is 564. The lowest BCUT2D eigenvalue weighted by atomic mass is 9.91. The second-order valence-electron chi connectivity index (χ2n) is 8.03. The molecule has 0 spiro atoms. The standard InChI is InChI=1S/C20H33N3O/c1-13(2)23(14(3)4)19-8-7-17(21)10-18(19)20(24)22-11-15(5)9-16(6)12-22/h7-8,10,13-16H,9,11-12,21H2,1-6H3/t15-,16-/m0/s1. The quantitative estimate of drug-likeness (QED) is 0.848. The Balaban J connectivity index is 2.41. The number of nitrogens with zero attached hydrogens (tertiary/aromatic N) is 2. The van der Waals surface area contributed by atoms with Gasteiger partial charge in [0.05, 0.1) is 11.3 Å². The molecule has 2 N–H and O–H groups in total. The van der Waals surface area contributed by atoms with Gasteiger partial charge in [0.15, 0.2) is 0 Å². The normalized spacial score (nSPS) is 21.4. The Morgan fingerprint density at radius 2 is 1.67 bits per heavy atom. The molecule has 0 aromatic heterocycles. The maximum atomic E-state index is 13.3. The van der Waals surface area contributed by atoms with Crippen LogP contribution in [0.1, 0.15) is 58.3 Å². The Labute approximate surface area is 147 Å². The van der Waals surface area contributed by atoms with E-state index in [1.807, 2.05) is 23.1 Å². The molecule has 1 aliphatic heterocycles. The summed E-state index contributed by atoms with van der Waals surface area (Å²) >= 11 is 0. The van der Waals surface area contributed by atoms with Crippen molar-refractivity contribution in [1.82, 2.24) is 4.90 Å². The van der Waals surface area contributed by atoms with E-state index in [2.05, 4.69) is 46.4 Å². The van der Waals surface area contributed by atoms with Crippen molar-refractivity contribution >= 4 is 17.3 Å². The van der Waals surface area contributed by atoms with Crippen LogP contribution in [0.2, 0.25) is 0 Å². The third-order valence-electron chi connectivity index (χ3n) is 4.80. The lowest BCUT2D eigenvalue weighted by Crippen LogP contribution is -2.44. The number of hydrogen-bond donors (Lipinski definition) is 1. The van der Waals surface area contributed by atoms with Crippen LogP contribution in [0, 0.1) is 11.8 Å². The molecule has 1 aliphatic rings. The highest BCUT2D eigenvalue weighted by Gasteiger charge is 2.29. The lowest BCUT2D eigenvalue weighted by molar-refractivity contribution is 0.0623. The molecule has 0 saturated carbocycles. The first-order valence-corrected chi connectivity index (χ1v) is 9.17. The highest BCUT2D eigenvalue weighted by Crippen LogP contribution is 2.30. The average Bonchev–Trinajstić information content (AvgIpc) is 2.46. The van der Waals surface area contributed by atoms with Crippen LogP contribution in [0.3, 0.4) is 0 Å². The van der Waals surface area contributed by atoms with Gasteiger partial charge in [-0.25, -0.2) is 0 Å². The Kier molecular flexibility index (Phi) is 5.79. The number of amides is 1. The van der Waals surface area contributed by atoms with Crippen molar-refractivity contribution in [2.24, 2.45) is 11.8 Å². The van der Waals surface area contributed by atoms with Gasteiger partial charge in [0.1, 0.15) is 0 Å². The van der Waals surface area contributed by atoms with E-state index in [-0.39, 0.29) is 5.91 Å². The van der Waals surface area contributed by atoms with Gasteiger partial charge in [0, 0.05) is 30.9 Å². The molecular formula is C20H33N3O. The molecule has 0 bridgehead atoms. The summed E-state index contributed by atoms with van der Waals surface area (Å²) in [7, 11) is 0. The Hall–Kier alpha value is -1.71. The van der Waals surface area contributed by atoms with E-state index in [0.29, 0.717) is 29.6 Å². The van der Waals surface area contributed by atoms with Gasteiger partial charge in [0.2, 0.25) is 0 Å². The third kappa shape index (κ3) is 4.03. The van der Waals surface area contributed by atoms with Crippen LogP contribution in [-0.2, 0) is 0 Å². The topological polar surface area (TPSA) is 49.6 Å². The van der Waals surface area contributed by atoms with Crippen LogP contribution in [0.25, 0.3) is 0 Å². The van der Waals surface area contributed by atoms with Gasteiger partial charge in [-0.3, -0.25) is 4.79 Å². The number of anilines is 2. The van der Waals surface area contributed by atoms with Gasteiger partial charge in [-0.15, -0.1) is 0 Å². The number of nitrogen functional groups attached to an aromatic ring is 1. The summed E-state index contributed by atoms with van der Waals surface area (Å²) in [6.45, 7) is 14.8. The van der Waals surface area contributed by atoms with Gasteiger partial charge in [-0.2, -0.15) is 0 Å². The van der Waals surface area contributed by atoms with Crippen molar-refractivity contribution in [3.63, 3.8) is 0 Å². The van der Waals surface area contributed by atoms with Crippen molar-refractivity contribution in [2.45, 2.75) is 60.0 Å². The zero-order chi connectivity index (χ0) is 18.0. The van der Waals surface area contributed by atoms with Crippen LogP contribution in [-0.4, -0.2) is 36.0 Å². The number of benzene rings is 1. The maximum Gasteiger partial charge on any atom is 0.256 e. The smallest absolute Gasteiger partial charge is 0.256 e. The van der Waals surface area contributed by atoms with E-state index >= 15 is 0 Å². The molecular weight excluding hydrogens is 298 g/mol. The van der Waals surface area contributed by atoms with E-state index in [4.69, 9.17) is 5.73 Å². The third-order valence-corrected chi connectivity index (χ3v) is 4.80. The highest BCUT2D eigenvalue weighted by atomic mass is 16.2. The summed E-state index contributed by atoms with van der Waals surface area (Å²) in [6.07, 6.45) is 1.19. The molecule has 4 heteroatoms. The molecule has 0 radical (unpaired) electrons. The molecule has 1 saturated heterocycles. The molecule has 1 amide bonds. The molecule has 134 valence electrons. The van der Waals surface area contributed by atoms with E-state index in [1.54, 1.807) is 0 Å². The molecule has 0 aliphatic carbocycles. The minimum absolute atomic E-state index is 0.113. The zero-order valence-corrected chi connectivity index (χ0v) is 16.0. The predicted molar refractivity (Wildman–Crippen MR) is 102 cm³/mol. The molecule has 4 nitrogen and oxygen atoms in total. The monoisotopic (exact) mass is 331 g/mol. The molecule has 2 rings (SSSR count).